The fraction of sp³-hybridized carbons (Fsp3) is 0.550. The van der Waals surface area contributed by atoms with E-state index in [1.54, 1.807) is 16.7 Å². The average Bonchev–Trinajstić information content (AvgIpc) is 3.39. The predicted octanol–water partition coefficient (Wildman–Crippen LogP) is 2.18. The third kappa shape index (κ3) is 3.45. The standard InChI is InChI=1S/C20H24N2O4S/c23-17(21-15-8-4-5-9-15)12-26-19(25)16-13-27-20(11-10-18(24)22(16)20)14-6-2-1-3-7-14/h1-3,6-7,15-16H,4-5,8-13H2,(H,21,23)/t16-,20+/m0/s1. The molecule has 7 heteroatoms. The van der Waals surface area contributed by atoms with Crippen LogP contribution in [0.3, 0.4) is 0 Å². The number of rotatable bonds is 5. The number of benzene rings is 1. The van der Waals surface area contributed by atoms with Gasteiger partial charge in [0.2, 0.25) is 5.91 Å². The third-order valence-electron chi connectivity index (χ3n) is 5.69. The zero-order valence-electron chi connectivity index (χ0n) is 15.2. The monoisotopic (exact) mass is 388 g/mol. The van der Waals surface area contributed by atoms with Gasteiger partial charge in [0.1, 0.15) is 10.9 Å². The maximum atomic E-state index is 12.6. The SMILES string of the molecule is O=C(COC(=O)[C@@H]1CS[C@@]2(c3ccccc3)CCC(=O)N12)NC1CCCC1. The summed E-state index contributed by atoms with van der Waals surface area (Å²) in [6.45, 7) is -0.281. The Morgan fingerprint density at radius 3 is 2.70 bits per heavy atom. The molecular formula is C20H24N2O4S. The van der Waals surface area contributed by atoms with Crippen LogP contribution in [0.2, 0.25) is 0 Å². The van der Waals surface area contributed by atoms with Crippen molar-refractivity contribution in [1.29, 1.82) is 0 Å². The van der Waals surface area contributed by atoms with Crippen LogP contribution in [-0.4, -0.2) is 47.1 Å². The van der Waals surface area contributed by atoms with Gasteiger partial charge < -0.3 is 15.0 Å². The first kappa shape index (κ1) is 18.3. The Kier molecular flexibility index (Phi) is 5.12. The summed E-state index contributed by atoms with van der Waals surface area (Å²) in [6, 6.07) is 9.40. The highest BCUT2D eigenvalue weighted by Gasteiger charge is 2.57. The van der Waals surface area contributed by atoms with Gasteiger partial charge in [0, 0.05) is 18.2 Å². The van der Waals surface area contributed by atoms with Gasteiger partial charge in [-0.15, -0.1) is 11.8 Å². The highest BCUT2D eigenvalue weighted by Crippen LogP contribution is 2.54. The molecule has 0 aromatic heterocycles. The van der Waals surface area contributed by atoms with E-state index in [0.717, 1.165) is 31.2 Å². The van der Waals surface area contributed by atoms with Crippen molar-refractivity contribution >= 4 is 29.5 Å². The van der Waals surface area contributed by atoms with Crippen molar-refractivity contribution < 1.29 is 19.1 Å². The molecule has 1 N–H and O–H groups in total. The van der Waals surface area contributed by atoms with Crippen molar-refractivity contribution in [2.75, 3.05) is 12.4 Å². The molecule has 0 radical (unpaired) electrons. The predicted molar refractivity (Wildman–Crippen MR) is 102 cm³/mol. The first-order valence-corrected chi connectivity index (χ1v) is 10.6. The number of hydrogen-bond donors (Lipinski definition) is 1. The van der Waals surface area contributed by atoms with Gasteiger partial charge in [0.05, 0.1) is 0 Å². The minimum atomic E-state index is -0.635. The molecule has 0 unspecified atom stereocenters. The second-order valence-electron chi connectivity index (χ2n) is 7.40. The molecule has 2 atom stereocenters. The van der Waals surface area contributed by atoms with Gasteiger partial charge in [-0.3, -0.25) is 9.59 Å². The van der Waals surface area contributed by atoms with Crippen molar-refractivity contribution in [3.63, 3.8) is 0 Å². The second-order valence-corrected chi connectivity index (χ2v) is 8.69. The van der Waals surface area contributed by atoms with E-state index >= 15 is 0 Å². The lowest BCUT2D eigenvalue weighted by molar-refractivity contribution is -0.156. The van der Waals surface area contributed by atoms with Crippen LogP contribution in [0, 0.1) is 0 Å². The van der Waals surface area contributed by atoms with Gasteiger partial charge in [0.25, 0.3) is 5.91 Å². The maximum Gasteiger partial charge on any atom is 0.330 e. The molecule has 4 rings (SSSR count). The number of hydrogen-bond acceptors (Lipinski definition) is 5. The first-order valence-electron chi connectivity index (χ1n) is 9.58. The molecule has 1 aliphatic carbocycles. The third-order valence-corrected chi connectivity index (χ3v) is 7.29. The molecule has 1 saturated carbocycles. The van der Waals surface area contributed by atoms with Gasteiger partial charge >= 0.3 is 5.97 Å². The fourth-order valence-corrected chi connectivity index (χ4v) is 6.02. The van der Waals surface area contributed by atoms with Crippen LogP contribution in [-0.2, 0) is 24.0 Å². The smallest absolute Gasteiger partial charge is 0.330 e. The molecule has 2 aliphatic heterocycles. The molecule has 27 heavy (non-hydrogen) atoms. The van der Waals surface area contributed by atoms with E-state index in [2.05, 4.69) is 5.32 Å². The van der Waals surface area contributed by atoms with Crippen molar-refractivity contribution in [1.82, 2.24) is 10.2 Å². The quantitative estimate of drug-likeness (QED) is 0.783. The van der Waals surface area contributed by atoms with E-state index in [1.165, 1.54) is 0 Å². The summed E-state index contributed by atoms with van der Waals surface area (Å²) < 4.78 is 5.28. The number of ether oxygens (including phenoxy) is 1. The van der Waals surface area contributed by atoms with E-state index in [9.17, 15) is 14.4 Å². The Morgan fingerprint density at radius 2 is 1.96 bits per heavy atom. The van der Waals surface area contributed by atoms with E-state index in [1.807, 2.05) is 30.3 Å². The number of nitrogens with zero attached hydrogens (tertiary/aromatic N) is 1. The number of carbonyl (C=O) groups excluding carboxylic acids is 3. The van der Waals surface area contributed by atoms with Crippen molar-refractivity contribution in [3.05, 3.63) is 35.9 Å². The molecule has 2 heterocycles. The molecule has 0 spiro atoms. The highest BCUT2D eigenvalue weighted by molar-refractivity contribution is 8.00. The van der Waals surface area contributed by atoms with E-state index in [4.69, 9.17) is 4.74 Å². The van der Waals surface area contributed by atoms with Crippen molar-refractivity contribution in [2.45, 2.75) is 55.5 Å². The number of amides is 2. The highest BCUT2D eigenvalue weighted by atomic mass is 32.2. The van der Waals surface area contributed by atoms with Crippen molar-refractivity contribution in [3.8, 4) is 0 Å². The zero-order valence-corrected chi connectivity index (χ0v) is 16.0. The van der Waals surface area contributed by atoms with Crippen LogP contribution in [0.25, 0.3) is 0 Å². The lowest BCUT2D eigenvalue weighted by Crippen LogP contribution is -2.47. The van der Waals surface area contributed by atoms with Crippen LogP contribution in [0.1, 0.15) is 44.1 Å². The van der Waals surface area contributed by atoms with Crippen LogP contribution < -0.4 is 5.32 Å². The average molecular weight is 388 g/mol. The van der Waals surface area contributed by atoms with E-state index in [0.29, 0.717) is 18.6 Å². The van der Waals surface area contributed by atoms with Crippen LogP contribution in [0.4, 0.5) is 0 Å². The van der Waals surface area contributed by atoms with E-state index in [-0.39, 0.29) is 24.5 Å². The van der Waals surface area contributed by atoms with Gasteiger partial charge in [-0.2, -0.15) is 0 Å². The number of nitrogens with one attached hydrogen (secondary N) is 1. The van der Waals surface area contributed by atoms with Crippen LogP contribution in [0.5, 0.6) is 0 Å². The number of thioether (sulfide) groups is 1. The summed E-state index contributed by atoms with van der Waals surface area (Å²) in [5.74, 6) is -0.287. The lowest BCUT2D eigenvalue weighted by atomic mass is 10.0. The Bertz CT molecular complexity index is 735. The van der Waals surface area contributed by atoms with Crippen LogP contribution >= 0.6 is 11.8 Å². The number of esters is 1. The summed E-state index contributed by atoms with van der Waals surface area (Å²) in [5.41, 5.74) is 1.04. The molecule has 1 aromatic carbocycles. The van der Waals surface area contributed by atoms with Gasteiger partial charge in [-0.1, -0.05) is 43.2 Å². The van der Waals surface area contributed by atoms with Crippen molar-refractivity contribution in [2.24, 2.45) is 0 Å². The lowest BCUT2D eigenvalue weighted by Gasteiger charge is -2.33. The topological polar surface area (TPSA) is 75.7 Å². The Morgan fingerprint density at radius 1 is 1.22 bits per heavy atom. The zero-order chi connectivity index (χ0) is 18.9. The number of carbonyl (C=O) groups is 3. The number of fused-ring (bicyclic) bond motifs is 1. The summed E-state index contributed by atoms with van der Waals surface area (Å²) in [7, 11) is 0. The summed E-state index contributed by atoms with van der Waals surface area (Å²) in [5, 5.41) is 2.91. The second kappa shape index (κ2) is 7.54. The summed E-state index contributed by atoms with van der Waals surface area (Å²) in [4.78, 5) is 38.4. The van der Waals surface area contributed by atoms with Gasteiger partial charge in [0.15, 0.2) is 6.61 Å². The molecule has 3 fully saturated rings. The molecule has 2 amide bonds. The normalized spacial score (nSPS) is 27.6. The Hall–Kier alpha value is -2.02. The van der Waals surface area contributed by atoms with Gasteiger partial charge in [-0.05, 0) is 24.8 Å². The molecule has 144 valence electrons. The van der Waals surface area contributed by atoms with E-state index < -0.39 is 16.9 Å². The molecule has 2 saturated heterocycles. The molecular weight excluding hydrogens is 364 g/mol. The molecule has 1 aromatic rings. The fourth-order valence-electron chi connectivity index (χ4n) is 4.39. The molecule has 6 nitrogen and oxygen atoms in total. The first-order chi connectivity index (χ1) is 13.1. The van der Waals surface area contributed by atoms with Crippen LogP contribution in [0.15, 0.2) is 30.3 Å². The minimum Gasteiger partial charge on any atom is -0.454 e. The molecule has 0 bridgehead atoms. The summed E-state index contributed by atoms with van der Waals surface area (Å²) >= 11 is 1.62. The maximum absolute atomic E-state index is 12.6. The largest absolute Gasteiger partial charge is 0.454 e. The Labute approximate surface area is 163 Å². The molecule has 3 aliphatic rings. The summed E-state index contributed by atoms with van der Waals surface area (Å²) in [6.07, 6.45) is 5.34. The van der Waals surface area contributed by atoms with Gasteiger partial charge in [-0.25, -0.2) is 4.79 Å². The minimum absolute atomic E-state index is 0.0267. The Balaban J connectivity index is 1.41.